The van der Waals surface area contributed by atoms with Crippen LogP contribution in [0.2, 0.25) is 5.02 Å². The molecular weight excluding hydrogens is 520 g/mol. The average Bonchev–Trinajstić information content (AvgIpc) is 3.21. The quantitative estimate of drug-likeness (QED) is 0.387. The van der Waals surface area contributed by atoms with Gasteiger partial charge in [-0.3, -0.25) is 14.4 Å². The first-order chi connectivity index (χ1) is 18.6. The van der Waals surface area contributed by atoms with Gasteiger partial charge in [-0.1, -0.05) is 49.2 Å². The Labute approximate surface area is 245 Å². The van der Waals surface area contributed by atoms with Crippen molar-refractivity contribution in [1.82, 2.24) is 5.32 Å². The largest absolute Gasteiger partial charge is 0.350 e. The average molecular weight is 567 g/mol. The minimum Gasteiger partial charge on any atom is -0.350 e. The summed E-state index contributed by atoms with van der Waals surface area (Å²) in [5.74, 6) is 1.57. The van der Waals surface area contributed by atoms with E-state index in [4.69, 9.17) is 11.6 Å². The molecule has 0 radical (unpaired) electrons. The fourth-order valence-corrected chi connectivity index (χ4v) is 9.60. The summed E-state index contributed by atoms with van der Waals surface area (Å²) < 4.78 is 0. The highest BCUT2D eigenvalue weighted by atomic mass is 35.5. The van der Waals surface area contributed by atoms with Crippen LogP contribution in [0.4, 0.5) is 5.69 Å². The lowest BCUT2D eigenvalue weighted by atomic mass is 9.44. The molecule has 6 atom stereocenters. The summed E-state index contributed by atoms with van der Waals surface area (Å²) in [5.41, 5.74) is 1.12. The maximum Gasteiger partial charge on any atom is 0.240 e. The van der Waals surface area contributed by atoms with Crippen molar-refractivity contribution in [2.24, 2.45) is 39.9 Å². The van der Waals surface area contributed by atoms with Crippen molar-refractivity contribution in [2.45, 2.75) is 99.0 Å². The molecule has 218 valence electrons. The van der Waals surface area contributed by atoms with E-state index in [0.717, 1.165) is 38.5 Å². The van der Waals surface area contributed by atoms with Gasteiger partial charge in [-0.25, -0.2) is 0 Å². The molecule has 2 amide bonds. The zero-order chi connectivity index (χ0) is 29.3. The molecule has 1 N–H and O–H groups in total. The fourth-order valence-electron chi connectivity index (χ4n) is 9.37. The smallest absolute Gasteiger partial charge is 0.240 e. The van der Waals surface area contributed by atoms with Crippen LogP contribution in [0.1, 0.15) is 93.4 Å². The van der Waals surface area contributed by atoms with Gasteiger partial charge < -0.3 is 10.2 Å². The molecule has 0 bridgehead atoms. The van der Waals surface area contributed by atoms with E-state index in [1.54, 1.807) is 11.0 Å². The SMILES string of the molecule is CC(C)(C)NC(=O)CN(C(=O)[C@H]1CC[C@H]2[C@@H]3CC=C4C(C)(C)C(=O)CC[C@]4(C)[C@H]3CC[C@]12C)c1ccccc1Cl. The van der Waals surface area contributed by atoms with Crippen LogP contribution in [0.5, 0.6) is 0 Å². The lowest BCUT2D eigenvalue weighted by Gasteiger charge is -2.59. The van der Waals surface area contributed by atoms with Crippen LogP contribution in [0, 0.1) is 39.9 Å². The predicted octanol–water partition coefficient (Wildman–Crippen LogP) is 7.37. The first kappa shape index (κ1) is 29.4. The van der Waals surface area contributed by atoms with E-state index in [0.29, 0.717) is 40.7 Å². The number of anilines is 1. The normalized spacial score (nSPS) is 34.7. The summed E-state index contributed by atoms with van der Waals surface area (Å²) in [6.45, 7) is 14.8. The van der Waals surface area contributed by atoms with Crippen LogP contribution in [-0.4, -0.2) is 29.7 Å². The fraction of sp³-hybridized carbons (Fsp3) is 0.676. The van der Waals surface area contributed by atoms with Crippen molar-refractivity contribution in [3.63, 3.8) is 0 Å². The van der Waals surface area contributed by atoms with E-state index in [2.05, 4.69) is 39.1 Å². The van der Waals surface area contributed by atoms with E-state index >= 15 is 0 Å². The van der Waals surface area contributed by atoms with E-state index in [1.165, 1.54) is 5.57 Å². The third kappa shape index (κ3) is 4.74. The predicted molar refractivity (Wildman–Crippen MR) is 161 cm³/mol. The molecule has 0 aliphatic heterocycles. The van der Waals surface area contributed by atoms with Crippen LogP contribution < -0.4 is 10.2 Å². The Hall–Kier alpha value is -2.14. The second kappa shape index (κ2) is 10.00. The number of nitrogens with one attached hydrogen (secondary N) is 1. The summed E-state index contributed by atoms with van der Waals surface area (Å²) in [4.78, 5) is 42.1. The number of hydrogen-bond acceptors (Lipinski definition) is 3. The molecule has 5 rings (SSSR count). The zero-order valence-corrected chi connectivity index (χ0v) is 26.2. The van der Waals surface area contributed by atoms with E-state index in [1.807, 2.05) is 39.0 Å². The van der Waals surface area contributed by atoms with Crippen molar-refractivity contribution < 1.29 is 14.4 Å². The molecule has 0 aromatic heterocycles. The number of rotatable bonds is 4. The Bertz CT molecular complexity index is 1250. The topological polar surface area (TPSA) is 66.5 Å². The van der Waals surface area contributed by atoms with Crippen LogP contribution >= 0.6 is 11.6 Å². The van der Waals surface area contributed by atoms with Gasteiger partial charge >= 0.3 is 0 Å². The summed E-state index contributed by atoms with van der Waals surface area (Å²) in [6.07, 6.45) is 8.95. The number of nitrogens with zero attached hydrogens (tertiary/aromatic N) is 1. The maximum atomic E-state index is 14.5. The minimum absolute atomic E-state index is 0.0169. The summed E-state index contributed by atoms with van der Waals surface area (Å²) >= 11 is 6.61. The molecule has 40 heavy (non-hydrogen) atoms. The molecule has 5 nitrogen and oxygen atoms in total. The molecule has 4 aliphatic rings. The first-order valence-corrected chi connectivity index (χ1v) is 15.6. The van der Waals surface area contributed by atoms with E-state index in [-0.39, 0.29) is 40.5 Å². The standard InChI is InChI=1S/C34H47ClN2O3/c1-31(2,3)36-29(39)20-37(26-11-9-8-10-25(26)35)30(40)24-14-13-22-21-12-15-27-32(4,5)28(38)17-19-34(27,7)23(21)16-18-33(22,24)6/h8-11,15,21-24H,12-14,16-20H2,1-7H3,(H,36,39)/t21-,22-,23-,24+,33-,34+/m0/s1. The molecule has 0 saturated heterocycles. The Kier molecular flexibility index (Phi) is 7.34. The van der Waals surface area contributed by atoms with Crippen LogP contribution in [0.3, 0.4) is 0 Å². The van der Waals surface area contributed by atoms with Crippen LogP contribution in [0.15, 0.2) is 35.9 Å². The summed E-state index contributed by atoms with van der Waals surface area (Å²) in [7, 11) is 0. The number of halogens is 1. The maximum absolute atomic E-state index is 14.5. The third-order valence-electron chi connectivity index (χ3n) is 11.2. The molecule has 1 aromatic carbocycles. The number of benzene rings is 1. The molecule has 3 saturated carbocycles. The van der Waals surface area contributed by atoms with Crippen LogP contribution in [0.25, 0.3) is 0 Å². The van der Waals surface area contributed by atoms with Gasteiger partial charge in [0.25, 0.3) is 0 Å². The number of hydrogen-bond donors (Lipinski definition) is 1. The number of para-hydroxylation sites is 1. The highest BCUT2D eigenvalue weighted by Crippen LogP contribution is 2.67. The van der Waals surface area contributed by atoms with Gasteiger partial charge in [0.2, 0.25) is 11.8 Å². The Morgan fingerprint density at radius 3 is 2.40 bits per heavy atom. The van der Waals surface area contributed by atoms with Gasteiger partial charge in [0, 0.05) is 23.3 Å². The Morgan fingerprint density at radius 2 is 1.73 bits per heavy atom. The Morgan fingerprint density at radius 1 is 1.02 bits per heavy atom. The highest BCUT2D eigenvalue weighted by molar-refractivity contribution is 6.34. The third-order valence-corrected chi connectivity index (χ3v) is 11.5. The van der Waals surface area contributed by atoms with Gasteiger partial charge in [-0.05, 0) is 114 Å². The van der Waals surface area contributed by atoms with E-state index in [9.17, 15) is 14.4 Å². The second-order valence-electron chi connectivity index (χ2n) is 15.0. The van der Waals surface area contributed by atoms with E-state index < -0.39 is 5.54 Å². The first-order valence-electron chi connectivity index (χ1n) is 15.2. The van der Waals surface area contributed by atoms with Crippen LogP contribution in [-0.2, 0) is 14.4 Å². The number of carbonyl (C=O) groups is 3. The monoisotopic (exact) mass is 566 g/mol. The van der Waals surface area contributed by atoms with Gasteiger partial charge in [0.05, 0.1) is 10.7 Å². The molecule has 0 spiro atoms. The highest BCUT2D eigenvalue weighted by Gasteiger charge is 2.62. The summed E-state index contributed by atoms with van der Waals surface area (Å²) in [5, 5.41) is 3.50. The number of allylic oxidation sites excluding steroid dienone is 2. The number of fused-ring (bicyclic) bond motifs is 5. The Balaban J connectivity index is 1.44. The molecule has 4 aliphatic carbocycles. The number of carbonyl (C=O) groups excluding carboxylic acids is 3. The van der Waals surface area contributed by atoms with Gasteiger partial charge in [-0.2, -0.15) is 0 Å². The van der Waals surface area contributed by atoms with Crippen molar-refractivity contribution in [1.29, 1.82) is 0 Å². The van der Waals surface area contributed by atoms with Gasteiger partial charge in [0.1, 0.15) is 12.3 Å². The van der Waals surface area contributed by atoms with Gasteiger partial charge in [0.15, 0.2) is 0 Å². The summed E-state index contributed by atoms with van der Waals surface area (Å²) in [6, 6.07) is 7.35. The lowest BCUT2D eigenvalue weighted by molar-refractivity contribution is -0.135. The molecular formula is C34H47ClN2O3. The molecule has 0 unspecified atom stereocenters. The zero-order valence-electron chi connectivity index (χ0n) is 25.4. The molecule has 6 heteroatoms. The number of ketones is 1. The number of Topliss-reactive ketones (excluding diaryl/α,β-unsaturated/α-hetero) is 1. The van der Waals surface area contributed by atoms with Gasteiger partial charge in [-0.15, -0.1) is 0 Å². The van der Waals surface area contributed by atoms with Crippen molar-refractivity contribution in [3.05, 3.63) is 40.9 Å². The molecule has 0 heterocycles. The van der Waals surface area contributed by atoms with Crippen molar-refractivity contribution in [3.8, 4) is 0 Å². The number of amides is 2. The van der Waals surface area contributed by atoms with Crippen molar-refractivity contribution in [2.75, 3.05) is 11.4 Å². The molecule has 1 aromatic rings. The second-order valence-corrected chi connectivity index (χ2v) is 15.5. The van der Waals surface area contributed by atoms with Crippen molar-refractivity contribution >= 4 is 34.9 Å². The molecule has 3 fully saturated rings. The lowest BCUT2D eigenvalue weighted by Crippen LogP contribution is -2.55. The minimum atomic E-state index is -0.392.